The zero-order chi connectivity index (χ0) is 14.4. The number of carbonyl (C=O) groups excluding carboxylic acids is 2. The standard InChI is InChI=1S/C13H14BN2O3S/c15-8-9(17)6-10-3-4-12(14-19-10)16-13(18)7-11-2-1-5-20-11/h1-2,5,10,12H,3-4,6-7H2,(H,16,18)/t10?,12-/m0/s1. The van der Waals surface area contributed by atoms with Crippen LogP contribution in [0.15, 0.2) is 17.5 Å². The fraction of sp³-hybridized carbons (Fsp3) is 0.462. The van der Waals surface area contributed by atoms with E-state index in [1.165, 1.54) is 0 Å². The largest absolute Gasteiger partial charge is 0.435 e. The summed E-state index contributed by atoms with van der Waals surface area (Å²) in [5.74, 6) is -0.636. The number of hydrogen-bond acceptors (Lipinski definition) is 5. The Hall–Kier alpha value is -1.65. The molecule has 5 nitrogen and oxygen atoms in total. The fourth-order valence-corrected chi connectivity index (χ4v) is 2.75. The quantitative estimate of drug-likeness (QED) is 0.648. The minimum Gasteiger partial charge on any atom is -0.435 e. The lowest BCUT2D eigenvalue weighted by Crippen LogP contribution is -2.45. The molecular formula is C13H14BN2O3S. The molecule has 2 heterocycles. The van der Waals surface area contributed by atoms with E-state index >= 15 is 0 Å². The first-order valence-electron chi connectivity index (χ1n) is 6.41. The second-order valence-corrected chi connectivity index (χ2v) is 5.67. The number of thiophene rings is 1. The highest BCUT2D eigenvalue weighted by atomic mass is 32.1. The van der Waals surface area contributed by atoms with Crippen LogP contribution in [0.25, 0.3) is 0 Å². The monoisotopic (exact) mass is 289 g/mol. The van der Waals surface area contributed by atoms with Crippen LogP contribution < -0.4 is 5.32 Å². The predicted molar refractivity (Wildman–Crippen MR) is 75.1 cm³/mol. The Kier molecular flexibility index (Phi) is 5.33. The van der Waals surface area contributed by atoms with E-state index in [0.717, 1.165) is 11.3 Å². The van der Waals surface area contributed by atoms with E-state index in [1.54, 1.807) is 24.9 Å². The van der Waals surface area contributed by atoms with Gasteiger partial charge in [-0.2, -0.15) is 5.26 Å². The average molecular weight is 289 g/mol. The molecular weight excluding hydrogens is 275 g/mol. The van der Waals surface area contributed by atoms with Crippen LogP contribution >= 0.6 is 11.3 Å². The second-order valence-electron chi connectivity index (χ2n) is 4.64. The Bertz CT molecular complexity index is 504. The topological polar surface area (TPSA) is 79.2 Å². The molecule has 2 atom stereocenters. The van der Waals surface area contributed by atoms with Crippen LogP contribution in [0.5, 0.6) is 0 Å². The van der Waals surface area contributed by atoms with Crippen LogP contribution in [0.2, 0.25) is 0 Å². The summed E-state index contributed by atoms with van der Waals surface area (Å²) in [6, 6.07) is 5.42. The Morgan fingerprint density at radius 3 is 3.00 bits per heavy atom. The Labute approximate surface area is 122 Å². The molecule has 0 aromatic carbocycles. The molecule has 1 radical (unpaired) electrons. The van der Waals surface area contributed by atoms with Crippen molar-refractivity contribution in [3.63, 3.8) is 0 Å². The molecule has 0 saturated carbocycles. The van der Waals surface area contributed by atoms with E-state index in [2.05, 4.69) is 5.32 Å². The molecule has 7 heteroatoms. The smallest absolute Gasteiger partial charge is 0.317 e. The maximum atomic E-state index is 11.8. The minimum absolute atomic E-state index is 0.0381. The van der Waals surface area contributed by atoms with Crippen LogP contribution in [0.1, 0.15) is 24.1 Å². The van der Waals surface area contributed by atoms with Crippen molar-refractivity contribution in [2.45, 2.75) is 37.7 Å². The summed E-state index contributed by atoms with van der Waals surface area (Å²) >= 11 is 1.55. The van der Waals surface area contributed by atoms with Gasteiger partial charge in [0.25, 0.3) is 0 Å². The molecule has 20 heavy (non-hydrogen) atoms. The minimum atomic E-state index is -0.469. The van der Waals surface area contributed by atoms with Crippen molar-refractivity contribution >= 4 is 30.5 Å². The van der Waals surface area contributed by atoms with Crippen molar-refractivity contribution in [1.82, 2.24) is 5.32 Å². The highest BCUT2D eigenvalue weighted by molar-refractivity contribution is 7.10. The average Bonchev–Trinajstić information content (AvgIpc) is 2.93. The molecule has 1 aliphatic heterocycles. The van der Waals surface area contributed by atoms with E-state index < -0.39 is 5.78 Å². The summed E-state index contributed by atoms with van der Waals surface area (Å²) in [6.45, 7) is 0. The summed E-state index contributed by atoms with van der Waals surface area (Å²) in [4.78, 5) is 23.8. The number of carbonyl (C=O) groups is 2. The number of amides is 1. The van der Waals surface area contributed by atoms with E-state index in [-0.39, 0.29) is 24.4 Å². The summed E-state index contributed by atoms with van der Waals surface area (Å²) in [5.41, 5.74) is 0. The molecule has 0 spiro atoms. The first-order chi connectivity index (χ1) is 9.67. The van der Waals surface area contributed by atoms with Gasteiger partial charge in [0.15, 0.2) is 0 Å². The van der Waals surface area contributed by atoms with Gasteiger partial charge in [0, 0.05) is 23.3 Å². The number of nitrogens with zero attached hydrogens (tertiary/aromatic N) is 1. The molecule has 0 bridgehead atoms. The van der Waals surface area contributed by atoms with Crippen molar-refractivity contribution in [3.05, 3.63) is 22.4 Å². The summed E-state index contributed by atoms with van der Waals surface area (Å²) in [6.07, 6.45) is 1.63. The number of nitriles is 1. The van der Waals surface area contributed by atoms with Crippen molar-refractivity contribution in [2.75, 3.05) is 0 Å². The molecule has 1 aliphatic rings. The maximum Gasteiger partial charge on any atom is 0.317 e. The van der Waals surface area contributed by atoms with E-state index in [4.69, 9.17) is 9.92 Å². The van der Waals surface area contributed by atoms with Gasteiger partial charge in [0.1, 0.15) is 6.07 Å². The highest BCUT2D eigenvalue weighted by Crippen LogP contribution is 2.16. The third-order valence-corrected chi connectivity index (χ3v) is 3.91. The van der Waals surface area contributed by atoms with Gasteiger partial charge in [-0.3, -0.25) is 9.59 Å². The molecule has 1 unspecified atom stereocenters. The number of Topliss-reactive ketones (excluding diaryl/α,β-unsaturated/α-hetero) is 1. The van der Waals surface area contributed by atoms with Gasteiger partial charge < -0.3 is 9.97 Å². The number of ketones is 1. The Balaban J connectivity index is 1.70. The van der Waals surface area contributed by atoms with Gasteiger partial charge in [-0.1, -0.05) is 6.07 Å². The first kappa shape index (κ1) is 14.8. The molecule has 103 valence electrons. The van der Waals surface area contributed by atoms with Gasteiger partial charge in [-0.05, 0) is 24.3 Å². The Morgan fingerprint density at radius 1 is 1.55 bits per heavy atom. The van der Waals surface area contributed by atoms with Gasteiger partial charge >= 0.3 is 7.48 Å². The molecule has 2 rings (SSSR count). The molecule has 0 aliphatic carbocycles. The van der Waals surface area contributed by atoms with Gasteiger partial charge in [0.2, 0.25) is 11.7 Å². The zero-order valence-corrected chi connectivity index (χ0v) is 11.7. The van der Waals surface area contributed by atoms with Gasteiger partial charge in [-0.15, -0.1) is 11.3 Å². The molecule has 1 fully saturated rings. The fourth-order valence-electron chi connectivity index (χ4n) is 2.05. The summed E-state index contributed by atoms with van der Waals surface area (Å²) in [7, 11) is 1.56. The Morgan fingerprint density at radius 2 is 2.40 bits per heavy atom. The van der Waals surface area contributed by atoms with Gasteiger partial charge in [-0.25, -0.2) is 0 Å². The van der Waals surface area contributed by atoms with Crippen LogP contribution in [-0.2, 0) is 20.7 Å². The second kappa shape index (κ2) is 7.22. The van der Waals surface area contributed by atoms with Crippen LogP contribution in [0.3, 0.4) is 0 Å². The SMILES string of the molecule is N#CC(=O)CC1CC[C@H](NC(=O)Cc2cccs2)[B]O1. The van der Waals surface area contributed by atoms with Crippen LogP contribution in [0.4, 0.5) is 0 Å². The lowest BCUT2D eigenvalue weighted by atomic mass is 9.79. The van der Waals surface area contributed by atoms with Crippen LogP contribution in [0, 0.1) is 11.3 Å². The number of hydrogen-bond donors (Lipinski definition) is 1. The van der Waals surface area contributed by atoms with Crippen molar-refractivity contribution in [1.29, 1.82) is 5.26 Å². The van der Waals surface area contributed by atoms with E-state index in [0.29, 0.717) is 12.8 Å². The molecule has 1 saturated heterocycles. The van der Waals surface area contributed by atoms with E-state index in [1.807, 2.05) is 17.5 Å². The maximum absolute atomic E-state index is 11.8. The zero-order valence-electron chi connectivity index (χ0n) is 10.9. The highest BCUT2D eigenvalue weighted by Gasteiger charge is 2.26. The molecule has 1 aromatic heterocycles. The molecule has 1 N–H and O–H groups in total. The third kappa shape index (κ3) is 4.47. The van der Waals surface area contributed by atoms with E-state index in [9.17, 15) is 9.59 Å². The van der Waals surface area contributed by atoms with Crippen LogP contribution in [-0.4, -0.2) is 31.2 Å². The molecule has 1 amide bonds. The first-order valence-corrected chi connectivity index (χ1v) is 7.29. The van der Waals surface area contributed by atoms with Crippen molar-refractivity contribution < 1.29 is 14.2 Å². The lowest BCUT2D eigenvalue weighted by Gasteiger charge is -2.28. The predicted octanol–water partition coefficient (Wildman–Crippen LogP) is 1.01. The van der Waals surface area contributed by atoms with Crippen molar-refractivity contribution in [3.8, 4) is 6.07 Å². The molecule has 1 aromatic rings. The van der Waals surface area contributed by atoms with Crippen molar-refractivity contribution in [2.24, 2.45) is 0 Å². The lowest BCUT2D eigenvalue weighted by molar-refractivity contribution is -0.121. The summed E-state index contributed by atoms with van der Waals surface area (Å²) in [5, 5.41) is 13.3. The summed E-state index contributed by atoms with van der Waals surface area (Å²) < 4.78 is 5.39. The number of nitrogens with one attached hydrogen (secondary N) is 1. The normalized spacial score (nSPS) is 21.6. The number of rotatable bonds is 5. The van der Waals surface area contributed by atoms with Gasteiger partial charge in [0.05, 0.1) is 6.42 Å². The third-order valence-electron chi connectivity index (χ3n) is 3.03.